The number of fused-ring (bicyclic) bond motifs is 1. The van der Waals surface area contributed by atoms with E-state index in [0.717, 1.165) is 23.6 Å². The largest absolute Gasteiger partial charge is 0.368 e. The second-order valence-electron chi connectivity index (χ2n) is 6.11. The summed E-state index contributed by atoms with van der Waals surface area (Å²) in [5, 5.41) is 7.96. The summed E-state index contributed by atoms with van der Waals surface area (Å²) in [5.74, 6) is 1.29. The molecule has 0 fully saturated rings. The lowest BCUT2D eigenvalue weighted by molar-refractivity contribution is 0.562. The molecular formula is C14H23N5. The predicted molar refractivity (Wildman–Crippen MR) is 78.4 cm³/mol. The molecule has 2 aromatic heterocycles. The lowest BCUT2D eigenvalue weighted by Crippen LogP contribution is -2.20. The summed E-state index contributed by atoms with van der Waals surface area (Å²) in [6, 6.07) is 2.10. The summed E-state index contributed by atoms with van der Waals surface area (Å²) >= 11 is 0. The molecule has 0 bridgehead atoms. The summed E-state index contributed by atoms with van der Waals surface area (Å²) < 4.78 is 1.88. The highest BCUT2D eigenvalue weighted by molar-refractivity contribution is 5.68. The van der Waals surface area contributed by atoms with Crippen LogP contribution in [0.3, 0.4) is 0 Å². The number of rotatable bonds is 4. The summed E-state index contributed by atoms with van der Waals surface area (Å²) in [6.45, 7) is 10.1. The van der Waals surface area contributed by atoms with Gasteiger partial charge in [0.1, 0.15) is 5.52 Å². The van der Waals surface area contributed by atoms with E-state index < -0.39 is 0 Å². The second-order valence-corrected chi connectivity index (χ2v) is 6.11. The van der Waals surface area contributed by atoms with Gasteiger partial charge in [-0.15, -0.1) is 0 Å². The van der Waals surface area contributed by atoms with Crippen LogP contribution >= 0.6 is 0 Å². The lowest BCUT2D eigenvalue weighted by Gasteiger charge is -2.13. The molecule has 0 saturated heterocycles. The fourth-order valence-electron chi connectivity index (χ4n) is 1.78. The highest BCUT2D eigenvalue weighted by Crippen LogP contribution is 2.24. The number of hydrogen-bond donors (Lipinski definition) is 2. The molecule has 19 heavy (non-hydrogen) atoms. The SMILES string of the molecule is CC(CN)CNc1nccn2nc(C(C)(C)C)cc12. The molecule has 0 aliphatic carbocycles. The maximum absolute atomic E-state index is 5.63. The topological polar surface area (TPSA) is 68.2 Å². The molecule has 0 radical (unpaired) electrons. The molecule has 5 heteroatoms. The Kier molecular flexibility index (Phi) is 3.75. The Bertz CT molecular complexity index is 552. The normalized spacial score (nSPS) is 13.7. The zero-order chi connectivity index (χ0) is 14.0. The van der Waals surface area contributed by atoms with Crippen LogP contribution in [0.1, 0.15) is 33.4 Å². The van der Waals surface area contributed by atoms with Gasteiger partial charge < -0.3 is 11.1 Å². The minimum absolute atomic E-state index is 0.0356. The summed E-state index contributed by atoms with van der Waals surface area (Å²) in [7, 11) is 0. The van der Waals surface area contributed by atoms with Gasteiger partial charge in [-0.1, -0.05) is 27.7 Å². The van der Waals surface area contributed by atoms with E-state index in [1.807, 2.05) is 10.7 Å². The molecule has 1 atom stereocenters. The Morgan fingerprint density at radius 3 is 2.79 bits per heavy atom. The summed E-state index contributed by atoms with van der Waals surface area (Å²) in [6.07, 6.45) is 3.64. The van der Waals surface area contributed by atoms with E-state index in [2.05, 4.69) is 49.2 Å². The van der Waals surface area contributed by atoms with Crippen molar-refractivity contribution in [2.24, 2.45) is 11.7 Å². The molecule has 0 amide bonds. The van der Waals surface area contributed by atoms with Gasteiger partial charge in [-0.2, -0.15) is 5.10 Å². The number of hydrogen-bond acceptors (Lipinski definition) is 4. The molecule has 0 saturated carbocycles. The standard InChI is InChI=1S/C14H23N5/c1-10(8-15)9-17-13-11-7-12(14(2,3)4)18-19(11)6-5-16-13/h5-7,10H,8-9,15H2,1-4H3,(H,16,17). The zero-order valence-electron chi connectivity index (χ0n) is 12.1. The Balaban J connectivity index is 2.32. The van der Waals surface area contributed by atoms with Crippen molar-refractivity contribution in [3.8, 4) is 0 Å². The van der Waals surface area contributed by atoms with Crippen LogP contribution in [0.5, 0.6) is 0 Å². The first kappa shape index (κ1) is 13.8. The molecule has 0 aliphatic rings. The molecule has 5 nitrogen and oxygen atoms in total. The van der Waals surface area contributed by atoms with Crippen molar-refractivity contribution < 1.29 is 0 Å². The van der Waals surface area contributed by atoms with Crippen molar-refractivity contribution in [3.63, 3.8) is 0 Å². The van der Waals surface area contributed by atoms with Crippen LogP contribution in [-0.2, 0) is 5.41 Å². The fourth-order valence-corrected chi connectivity index (χ4v) is 1.78. The van der Waals surface area contributed by atoms with Gasteiger partial charge in [0, 0.05) is 24.4 Å². The van der Waals surface area contributed by atoms with E-state index in [4.69, 9.17) is 5.73 Å². The first-order valence-corrected chi connectivity index (χ1v) is 6.70. The Morgan fingerprint density at radius 2 is 2.16 bits per heavy atom. The molecule has 2 heterocycles. The number of aromatic nitrogens is 3. The number of nitrogens with zero attached hydrogens (tertiary/aromatic N) is 3. The van der Waals surface area contributed by atoms with Crippen molar-refractivity contribution >= 4 is 11.3 Å². The van der Waals surface area contributed by atoms with E-state index in [1.165, 1.54) is 0 Å². The highest BCUT2D eigenvalue weighted by Gasteiger charge is 2.19. The third-order valence-electron chi connectivity index (χ3n) is 3.18. The van der Waals surface area contributed by atoms with Gasteiger partial charge in [0.05, 0.1) is 5.69 Å². The van der Waals surface area contributed by atoms with Crippen LogP contribution in [0.4, 0.5) is 5.82 Å². The van der Waals surface area contributed by atoms with Crippen LogP contribution in [0.25, 0.3) is 5.52 Å². The monoisotopic (exact) mass is 261 g/mol. The highest BCUT2D eigenvalue weighted by atomic mass is 15.2. The van der Waals surface area contributed by atoms with Gasteiger partial charge >= 0.3 is 0 Å². The quantitative estimate of drug-likeness (QED) is 0.883. The van der Waals surface area contributed by atoms with Gasteiger partial charge in [0.2, 0.25) is 0 Å². The van der Waals surface area contributed by atoms with Crippen LogP contribution in [0, 0.1) is 5.92 Å². The fraction of sp³-hybridized carbons (Fsp3) is 0.571. The lowest BCUT2D eigenvalue weighted by atomic mass is 9.92. The minimum atomic E-state index is 0.0356. The van der Waals surface area contributed by atoms with E-state index in [0.29, 0.717) is 12.5 Å². The van der Waals surface area contributed by atoms with Crippen molar-refractivity contribution in [3.05, 3.63) is 24.2 Å². The van der Waals surface area contributed by atoms with Gasteiger partial charge in [0.25, 0.3) is 0 Å². The zero-order valence-corrected chi connectivity index (χ0v) is 12.1. The molecule has 1 unspecified atom stereocenters. The minimum Gasteiger partial charge on any atom is -0.368 e. The third kappa shape index (κ3) is 3.04. The van der Waals surface area contributed by atoms with Crippen LogP contribution in [0.15, 0.2) is 18.5 Å². The van der Waals surface area contributed by atoms with Crippen molar-refractivity contribution in [2.75, 3.05) is 18.4 Å². The Morgan fingerprint density at radius 1 is 1.42 bits per heavy atom. The van der Waals surface area contributed by atoms with Crippen LogP contribution in [0.2, 0.25) is 0 Å². The molecule has 0 aliphatic heterocycles. The van der Waals surface area contributed by atoms with E-state index >= 15 is 0 Å². The maximum atomic E-state index is 5.63. The summed E-state index contributed by atoms with van der Waals surface area (Å²) in [5.41, 5.74) is 7.74. The smallest absolute Gasteiger partial charge is 0.152 e. The first-order valence-electron chi connectivity index (χ1n) is 6.70. The van der Waals surface area contributed by atoms with Crippen LogP contribution < -0.4 is 11.1 Å². The Labute approximate surface area is 114 Å². The predicted octanol–water partition coefficient (Wildman–Crippen LogP) is 2.03. The van der Waals surface area contributed by atoms with E-state index in [1.54, 1.807) is 6.20 Å². The number of anilines is 1. The average Bonchev–Trinajstić information content (AvgIpc) is 2.80. The van der Waals surface area contributed by atoms with Crippen molar-refractivity contribution in [2.45, 2.75) is 33.1 Å². The molecule has 104 valence electrons. The van der Waals surface area contributed by atoms with Crippen LogP contribution in [-0.4, -0.2) is 27.7 Å². The molecule has 2 rings (SSSR count). The molecule has 3 N–H and O–H groups in total. The molecular weight excluding hydrogens is 238 g/mol. The first-order chi connectivity index (χ1) is 8.91. The second kappa shape index (κ2) is 5.17. The van der Waals surface area contributed by atoms with Crippen molar-refractivity contribution in [1.82, 2.24) is 14.6 Å². The average molecular weight is 261 g/mol. The van der Waals surface area contributed by atoms with Crippen molar-refractivity contribution in [1.29, 1.82) is 0 Å². The molecule has 0 spiro atoms. The van der Waals surface area contributed by atoms with Gasteiger partial charge in [-0.05, 0) is 18.5 Å². The van der Waals surface area contributed by atoms with Gasteiger partial charge in [-0.3, -0.25) is 0 Å². The third-order valence-corrected chi connectivity index (χ3v) is 3.18. The van der Waals surface area contributed by atoms with E-state index in [-0.39, 0.29) is 5.41 Å². The molecule has 2 aromatic rings. The molecule has 0 aromatic carbocycles. The van der Waals surface area contributed by atoms with Gasteiger partial charge in [-0.25, -0.2) is 9.50 Å². The summed E-state index contributed by atoms with van der Waals surface area (Å²) in [4.78, 5) is 4.40. The van der Waals surface area contributed by atoms with Gasteiger partial charge in [0.15, 0.2) is 5.82 Å². The van der Waals surface area contributed by atoms with E-state index in [9.17, 15) is 0 Å². The number of nitrogens with two attached hydrogens (primary N) is 1. The number of nitrogens with one attached hydrogen (secondary N) is 1. The maximum Gasteiger partial charge on any atom is 0.152 e. The Hall–Kier alpha value is -1.62.